The molecule has 2 saturated carbocycles. The van der Waals surface area contributed by atoms with Gasteiger partial charge in [0.05, 0.1) is 5.92 Å². The number of nitrogens with two attached hydrogens (primary N) is 1. The standard InChI is InChI=1S/C12H20F3N/c13-12(14,15)10-6-4-9(5-7-10)11(16)8-2-1-3-8/h8-11H,1-7,16H2. The Morgan fingerprint density at radius 2 is 1.38 bits per heavy atom. The lowest BCUT2D eigenvalue weighted by molar-refractivity contribution is -0.184. The van der Waals surface area contributed by atoms with Gasteiger partial charge in [-0.25, -0.2) is 0 Å². The van der Waals surface area contributed by atoms with Gasteiger partial charge in [0.25, 0.3) is 0 Å². The molecule has 0 saturated heterocycles. The summed E-state index contributed by atoms with van der Waals surface area (Å²) in [5, 5.41) is 0. The maximum atomic E-state index is 12.5. The van der Waals surface area contributed by atoms with E-state index < -0.39 is 12.1 Å². The summed E-state index contributed by atoms with van der Waals surface area (Å²) >= 11 is 0. The monoisotopic (exact) mass is 235 g/mol. The highest BCUT2D eigenvalue weighted by atomic mass is 19.4. The van der Waals surface area contributed by atoms with Crippen LogP contribution in [0.3, 0.4) is 0 Å². The summed E-state index contributed by atoms with van der Waals surface area (Å²) in [7, 11) is 0. The van der Waals surface area contributed by atoms with E-state index in [1.54, 1.807) is 0 Å². The van der Waals surface area contributed by atoms with Crippen molar-refractivity contribution in [1.29, 1.82) is 0 Å². The molecule has 0 spiro atoms. The third-order valence-corrected chi connectivity index (χ3v) is 4.47. The fraction of sp³-hybridized carbons (Fsp3) is 1.00. The van der Waals surface area contributed by atoms with Crippen LogP contribution >= 0.6 is 0 Å². The van der Waals surface area contributed by atoms with Gasteiger partial charge in [-0.05, 0) is 50.4 Å². The molecule has 16 heavy (non-hydrogen) atoms. The molecule has 0 aromatic carbocycles. The molecular formula is C12H20F3N. The summed E-state index contributed by atoms with van der Waals surface area (Å²) in [5.41, 5.74) is 6.13. The van der Waals surface area contributed by atoms with Gasteiger partial charge in [-0.1, -0.05) is 6.42 Å². The zero-order chi connectivity index (χ0) is 11.8. The molecule has 0 radical (unpaired) electrons. The van der Waals surface area contributed by atoms with E-state index in [4.69, 9.17) is 5.73 Å². The minimum atomic E-state index is -3.99. The first-order valence-electron chi connectivity index (χ1n) is 6.31. The van der Waals surface area contributed by atoms with Gasteiger partial charge in [0.15, 0.2) is 0 Å². The van der Waals surface area contributed by atoms with E-state index in [-0.39, 0.29) is 18.9 Å². The molecule has 2 N–H and O–H groups in total. The quantitative estimate of drug-likeness (QED) is 0.779. The van der Waals surface area contributed by atoms with Gasteiger partial charge in [-0.3, -0.25) is 0 Å². The highest BCUT2D eigenvalue weighted by molar-refractivity contribution is 4.88. The molecule has 1 unspecified atom stereocenters. The summed E-state index contributed by atoms with van der Waals surface area (Å²) in [6, 6.07) is 0.155. The van der Waals surface area contributed by atoms with Gasteiger partial charge >= 0.3 is 6.18 Å². The van der Waals surface area contributed by atoms with E-state index in [0.29, 0.717) is 24.7 Å². The SMILES string of the molecule is NC(C1CCC1)C1CCC(C(F)(F)F)CC1. The van der Waals surface area contributed by atoms with Crippen LogP contribution in [-0.4, -0.2) is 12.2 Å². The topological polar surface area (TPSA) is 26.0 Å². The highest BCUT2D eigenvalue weighted by Crippen LogP contribution is 2.42. The summed E-state index contributed by atoms with van der Waals surface area (Å²) in [4.78, 5) is 0. The van der Waals surface area contributed by atoms with Crippen LogP contribution in [0.4, 0.5) is 13.2 Å². The van der Waals surface area contributed by atoms with E-state index in [0.717, 1.165) is 0 Å². The van der Waals surface area contributed by atoms with Crippen molar-refractivity contribution in [2.24, 2.45) is 23.5 Å². The van der Waals surface area contributed by atoms with Gasteiger partial charge in [-0.2, -0.15) is 13.2 Å². The average Bonchev–Trinajstić information content (AvgIpc) is 2.14. The molecule has 2 rings (SSSR count). The Bertz CT molecular complexity index is 227. The number of hydrogen-bond donors (Lipinski definition) is 1. The molecule has 1 nitrogen and oxygen atoms in total. The lowest BCUT2D eigenvalue weighted by atomic mass is 9.70. The molecule has 0 aliphatic heterocycles. The molecule has 4 heteroatoms. The summed E-state index contributed by atoms with van der Waals surface area (Å²) in [6.45, 7) is 0. The first kappa shape index (κ1) is 12.2. The lowest BCUT2D eigenvalue weighted by Gasteiger charge is -2.39. The molecule has 94 valence electrons. The van der Waals surface area contributed by atoms with Crippen molar-refractivity contribution in [3.63, 3.8) is 0 Å². The fourth-order valence-electron chi connectivity index (χ4n) is 3.04. The Labute approximate surface area is 94.6 Å². The van der Waals surface area contributed by atoms with Crippen molar-refractivity contribution in [3.8, 4) is 0 Å². The summed E-state index contributed by atoms with van der Waals surface area (Å²) in [6.07, 6.45) is 1.52. The maximum absolute atomic E-state index is 12.5. The van der Waals surface area contributed by atoms with Crippen molar-refractivity contribution < 1.29 is 13.2 Å². The Morgan fingerprint density at radius 1 is 0.875 bits per heavy atom. The molecule has 0 aromatic heterocycles. The Kier molecular flexibility index (Phi) is 3.48. The molecule has 0 amide bonds. The Balaban J connectivity index is 1.80. The predicted octanol–water partition coefficient (Wildman–Crippen LogP) is 3.48. The van der Waals surface area contributed by atoms with E-state index >= 15 is 0 Å². The van der Waals surface area contributed by atoms with E-state index in [1.807, 2.05) is 0 Å². The number of alkyl halides is 3. The van der Waals surface area contributed by atoms with E-state index in [2.05, 4.69) is 0 Å². The smallest absolute Gasteiger partial charge is 0.327 e. The Hall–Kier alpha value is -0.250. The molecule has 2 fully saturated rings. The van der Waals surface area contributed by atoms with Crippen molar-refractivity contribution in [2.45, 2.75) is 57.2 Å². The molecule has 2 aliphatic rings. The first-order valence-corrected chi connectivity index (χ1v) is 6.31. The Morgan fingerprint density at radius 3 is 1.75 bits per heavy atom. The van der Waals surface area contributed by atoms with Gasteiger partial charge in [0.2, 0.25) is 0 Å². The molecule has 2 aliphatic carbocycles. The average molecular weight is 235 g/mol. The number of hydrogen-bond acceptors (Lipinski definition) is 1. The van der Waals surface area contributed by atoms with Crippen molar-refractivity contribution >= 4 is 0 Å². The maximum Gasteiger partial charge on any atom is 0.391 e. The normalized spacial score (nSPS) is 34.5. The van der Waals surface area contributed by atoms with Crippen LogP contribution in [0.2, 0.25) is 0 Å². The number of rotatable bonds is 2. The largest absolute Gasteiger partial charge is 0.391 e. The van der Waals surface area contributed by atoms with Crippen LogP contribution in [0.25, 0.3) is 0 Å². The third kappa shape index (κ3) is 2.53. The first-order chi connectivity index (χ1) is 7.48. The van der Waals surface area contributed by atoms with Crippen LogP contribution in [-0.2, 0) is 0 Å². The highest BCUT2D eigenvalue weighted by Gasteiger charge is 2.43. The van der Waals surface area contributed by atoms with E-state index in [1.165, 1.54) is 19.3 Å². The predicted molar refractivity (Wildman–Crippen MR) is 56.8 cm³/mol. The molecular weight excluding hydrogens is 215 g/mol. The van der Waals surface area contributed by atoms with E-state index in [9.17, 15) is 13.2 Å². The van der Waals surface area contributed by atoms with Crippen LogP contribution in [0.1, 0.15) is 44.9 Å². The minimum Gasteiger partial charge on any atom is -0.327 e. The fourth-order valence-corrected chi connectivity index (χ4v) is 3.04. The second kappa shape index (κ2) is 4.55. The van der Waals surface area contributed by atoms with Crippen LogP contribution in [0, 0.1) is 17.8 Å². The number of halogens is 3. The van der Waals surface area contributed by atoms with Crippen LogP contribution in [0.5, 0.6) is 0 Å². The van der Waals surface area contributed by atoms with Gasteiger partial charge in [0, 0.05) is 6.04 Å². The second-order valence-corrected chi connectivity index (χ2v) is 5.42. The van der Waals surface area contributed by atoms with Crippen molar-refractivity contribution in [1.82, 2.24) is 0 Å². The van der Waals surface area contributed by atoms with Crippen LogP contribution in [0.15, 0.2) is 0 Å². The zero-order valence-electron chi connectivity index (χ0n) is 9.47. The summed E-state index contributed by atoms with van der Waals surface area (Å²) < 4.78 is 37.4. The van der Waals surface area contributed by atoms with Crippen molar-refractivity contribution in [2.75, 3.05) is 0 Å². The van der Waals surface area contributed by atoms with Gasteiger partial charge in [0.1, 0.15) is 0 Å². The third-order valence-electron chi connectivity index (χ3n) is 4.47. The van der Waals surface area contributed by atoms with Crippen LogP contribution < -0.4 is 5.73 Å². The zero-order valence-corrected chi connectivity index (χ0v) is 9.47. The molecule has 0 bridgehead atoms. The van der Waals surface area contributed by atoms with Gasteiger partial charge < -0.3 is 5.73 Å². The lowest BCUT2D eigenvalue weighted by Crippen LogP contribution is -2.43. The second-order valence-electron chi connectivity index (χ2n) is 5.42. The molecule has 1 atom stereocenters. The van der Waals surface area contributed by atoms with Crippen molar-refractivity contribution in [3.05, 3.63) is 0 Å². The molecule has 0 aromatic rings. The minimum absolute atomic E-state index is 0.155. The van der Waals surface area contributed by atoms with Gasteiger partial charge in [-0.15, -0.1) is 0 Å². The summed E-state index contributed by atoms with van der Waals surface area (Å²) in [5.74, 6) is -0.145. The molecule has 0 heterocycles.